The van der Waals surface area contributed by atoms with E-state index in [2.05, 4.69) is 28.8 Å². The van der Waals surface area contributed by atoms with Crippen molar-refractivity contribution in [3.05, 3.63) is 70.9 Å². The number of aryl methyl sites for hydroxylation is 2. The molecule has 0 saturated heterocycles. The third-order valence-electron chi connectivity index (χ3n) is 5.06. The number of hydrogen-bond acceptors (Lipinski definition) is 4. The molecule has 1 aliphatic carbocycles. The Morgan fingerprint density at radius 3 is 2.54 bits per heavy atom. The Labute approximate surface area is 166 Å². The molecule has 0 aromatic heterocycles. The van der Waals surface area contributed by atoms with Crippen LogP contribution in [-0.4, -0.2) is 13.0 Å². The first kappa shape index (κ1) is 19.5. The van der Waals surface area contributed by atoms with Crippen molar-refractivity contribution in [2.75, 3.05) is 12.4 Å². The van der Waals surface area contributed by atoms with Crippen LogP contribution in [0.1, 0.15) is 42.5 Å². The molecular weight excluding hydrogens is 350 g/mol. The summed E-state index contributed by atoms with van der Waals surface area (Å²) in [6, 6.07) is 15.5. The fraction of sp³-hybridized carbons (Fsp3) is 0.304. The van der Waals surface area contributed by atoms with Crippen LogP contribution in [0.25, 0.3) is 0 Å². The Balaban J connectivity index is 1.65. The molecule has 2 aromatic rings. The van der Waals surface area contributed by atoms with Crippen molar-refractivity contribution in [2.45, 2.75) is 38.6 Å². The topological polar surface area (TPSA) is 74.1 Å². The van der Waals surface area contributed by atoms with Crippen molar-refractivity contribution in [3.8, 4) is 11.8 Å². The van der Waals surface area contributed by atoms with Gasteiger partial charge in [0.1, 0.15) is 17.4 Å². The second-order valence-corrected chi connectivity index (χ2v) is 6.97. The van der Waals surface area contributed by atoms with Crippen molar-refractivity contribution >= 4 is 11.6 Å². The van der Waals surface area contributed by atoms with Crippen molar-refractivity contribution < 1.29 is 9.53 Å². The van der Waals surface area contributed by atoms with E-state index in [4.69, 9.17) is 4.74 Å². The van der Waals surface area contributed by atoms with E-state index in [0.29, 0.717) is 0 Å². The van der Waals surface area contributed by atoms with E-state index >= 15 is 0 Å². The van der Waals surface area contributed by atoms with E-state index in [9.17, 15) is 10.1 Å². The van der Waals surface area contributed by atoms with Gasteiger partial charge in [0.05, 0.1) is 13.2 Å². The molecule has 0 bridgehead atoms. The van der Waals surface area contributed by atoms with Gasteiger partial charge in [0.2, 0.25) is 0 Å². The van der Waals surface area contributed by atoms with Crippen LogP contribution < -0.4 is 15.4 Å². The number of nitriles is 1. The van der Waals surface area contributed by atoms with Gasteiger partial charge in [-0.15, -0.1) is 0 Å². The Bertz CT molecular complexity index is 910. The molecule has 0 aliphatic heterocycles. The first-order valence-electron chi connectivity index (χ1n) is 9.54. The summed E-state index contributed by atoms with van der Waals surface area (Å²) in [4.78, 5) is 12.5. The molecule has 0 heterocycles. The molecule has 28 heavy (non-hydrogen) atoms. The lowest BCUT2D eigenvalue weighted by Gasteiger charge is -2.20. The summed E-state index contributed by atoms with van der Waals surface area (Å²) in [6.45, 7) is 1.94. The van der Waals surface area contributed by atoms with Crippen molar-refractivity contribution in [3.63, 3.8) is 0 Å². The number of carbonyl (C=O) groups is 1. The molecule has 144 valence electrons. The van der Waals surface area contributed by atoms with E-state index in [0.717, 1.165) is 29.8 Å². The van der Waals surface area contributed by atoms with Crippen LogP contribution in [0.15, 0.2) is 54.2 Å². The molecule has 5 heteroatoms. The summed E-state index contributed by atoms with van der Waals surface area (Å²) in [7, 11) is 1.60. The number of benzene rings is 2. The molecule has 1 aliphatic rings. The average Bonchev–Trinajstić information content (AvgIpc) is 2.74. The largest absolute Gasteiger partial charge is 0.497 e. The van der Waals surface area contributed by atoms with E-state index in [1.54, 1.807) is 19.2 Å². The number of ether oxygens (including phenoxy) is 1. The van der Waals surface area contributed by atoms with Crippen molar-refractivity contribution in [2.24, 2.45) is 0 Å². The summed E-state index contributed by atoms with van der Waals surface area (Å²) >= 11 is 0. The van der Waals surface area contributed by atoms with Crippen LogP contribution in [0, 0.1) is 11.3 Å². The quantitative estimate of drug-likeness (QED) is 0.584. The Morgan fingerprint density at radius 2 is 1.86 bits per heavy atom. The maximum absolute atomic E-state index is 12.5. The molecule has 1 atom stereocenters. The Kier molecular flexibility index (Phi) is 6.33. The van der Waals surface area contributed by atoms with Gasteiger partial charge in [-0.05, 0) is 73.6 Å². The number of nitrogens with zero attached hydrogens (tertiary/aromatic N) is 1. The minimum Gasteiger partial charge on any atom is -0.497 e. The first-order valence-corrected chi connectivity index (χ1v) is 9.54. The van der Waals surface area contributed by atoms with E-state index < -0.39 is 5.91 Å². The zero-order chi connectivity index (χ0) is 19.9. The minimum atomic E-state index is -0.395. The highest BCUT2D eigenvalue weighted by Gasteiger charge is 2.16. The minimum absolute atomic E-state index is 0.0284. The molecule has 0 spiro atoms. The zero-order valence-corrected chi connectivity index (χ0v) is 16.3. The van der Waals surface area contributed by atoms with Gasteiger partial charge in [-0.25, -0.2) is 0 Å². The van der Waals surface area contributed by atoms with Gasteiger partial charge >= 0.3 is 0 Å². The lowest BCUT2D eigenvalue weighted by molar-refractivity contribution is -0.117. The Morgan fingerprint density at radius 1 is 1.14 bits per heavy atom. The van der Waals surface area contributed by atoms with Crippen LogP contribution in [0.2, 0.25) is 0 Å². The Hall–Kier alpha value is -3.26. The number of amides is 1. The molecule has 0 radical (unpaired) electrons. The van der Waals surface area contributed by atoms with Crippen LogP contribution in [-0.2, 0) is 17.6 Å². The fourth-order valence-corrected chi connectivity index (χ4v) is 3.37. The normalized spacial score (nSPS) is 14.4. The number of methoxy groups -OCH3 is 1. The van der Waals surface area contributed by atoms with E-state index in [1.165, 1.54) is 30.2 Å². The van der Waals surface area contributed by atoms with Gasteiger partial charge in [-0.3, -0.25) is 4.79 Å². The number of carbonyl (C=O) groups excluding carboxylic acids is 1. The molecule has 5 nitrogen and oxygen atoms in total. The maximum atomic E-state index is 12.5. The van der Waals surface area contributed by atoms with Crippen LogP contribution in [0.5, 0.6) is 5.75 Å². The molecule has 0 fully saturated rings. The van der Waals surface area contributed by atoms with Gasteiger partial charge in [-0.1, -0.05) is 18.2 Å². The van der Waals surface area contributed by atoms with Gasteiger partial charge in [0.15, 0.2) is 0 Å². The number of anilines is 1. The number of hydrogen-bond donors (Lipinski definition) is 2. The highest BCUT2D eigenvalue weighted by Crippen LogP contribution is 2.25. The zero-order valence-electron chi connectivity index (χ0n) is 16.3. The van der Waals surface area contributed by atoms with Gasteiger partial charge in [-0.2, -0.15) is 5.26 Å². The predicted molar refractivity (Wildman–Crippen MR) is 110 cm³/mol. The second-order valence-electron chi connectivity index (χ2n) is 6.97. The fourth-order valence-electron chi connectivity index (χ4n) is 3.37. The average molecular weight is 375 g/mol. The monoisotopic (exact) mass is 375 g/mol. The summed E-state index contributed by atoms with van der Waals surface area (Å²) in [5.41, 5.74) is 4.65. The van der Waals surface area contributed by atoms with Gasteiger partial charge in [0, 0.05) is 11.9 Å². The van der Waals surface area contributed by atoms with Crippen LogP contribution in [0.3, 0.4) is 0 Å². The van der Waals surface area contributed by atoms with E-state index in [1.807, 2.05) is 25.1 Å². The van der Waals surface area contributed by atoms with Crippen LogP contribution in [0.4, 0.5) is 5.69 Å². The smallest absolute Gasteiger partial charge is 0.263 e. The van der Waals surface area contributed by atoms with Gasteiger partial charge in [0.25, 0.3) is 5.91 Å². The standard InChI is InChI=1S/C23H25N3O2/c1-16(18-8-7-17-5-3-4-6-19(17)13-18)26-23(27)20(14-24)15-25-21-9-11-22(28-2)12-10-21/h7-13,15-16,25H,3-6H2,1-2H3,(H,26,27)/b20-15-. The predicted octanol–water partition coefficient (Wildman–Crippen LogP) is 4.27. The highest BCUT2D eigenvalue weighted by molar-refractivity contribution is 5.97. The first-order chi connectivity index (χ1) is 13.6. The second kappa shape index (κ2) is 9.09. The lowest BCUT2D eigenvalue weighted by Crippen LogP contribution is -2.28. The van der Waals surface area contributed by atoms with Crippen molar-refractivity contribution in [1.82, 2.24) is 5.32 Å². The number of nitrogens with one attached hydrogen (secondary N) is 2. The summed E-state index contributed by atoms with van der Waals surface area (Å²) < 4.78 is 5.11. The molecule has 2 aromatic carbocycles. The third kappa shape index (κ3) is 4.72. The molecule has 1 amide bonds. The number of fused-ring (bicyclic) bond motifs is 1. The SMILES string of the molecule is COc1ccc(N/C=C(/C#N)C(=O)NC(C)c2ccc3c(c2)CCCC3)cc1. The van der Waals surface area contributed by atoms with Crippen molar-refractivity contribution in [1.29, 1.82) is 5.26 Å². The molecular formula is C23H25N3O2. The molecule has 2 N–H and O–H groups in total. The molecule has 0 saturated carbocycles. The summed E-state index contributed by atoms with van der Waals surface area (Å²) in [5, 5.41) is 15.3. The van der Waals surface area contributed by atoms with Gasteiger partial charge < -0.3 is 15.4 Å². The van der Waals surface area contributed by atoms with Crippen LogP contribution >= 0.6 is 0 Å². The highest BCUT2D eigenvalue weighted by atomic mass is 16.5. The third-order valence-corrected chi connectivity index (χ3v) is 5.06. The maximum Gasteiger partial charge on any atom is 0.263 e. The number of rotatable bonds is 6. The molecule has 3 rings (SSSR count). The lowest BCUT2D eigenvalue weighted by atomic mass is 9.89. The summed E-state index contributed by atoms with van der Waals surface area (Å²) in [5.74, 6) is 0.348. The molecule has 1 unspecified atom stereocenters. The summed E-state index contributed by atoms with van der Waals surface area (Å²) in [6.07, 6.45) is 6.12. The van der Waals surface area contributed by atoms with E-state index in [-0.39, 0.29) is 11.6 Å².